The van der Waals surface area contributed by atoms with Crippen LogP contribution in [0.25, 0.3) is 10.9 Å². The van der Waals surface area contributed by atoms with Gasteiger partial charge in [0.2, 0.25) is 0 Å². The van der Waals surface area contributed by atoms with Crippen molar-refractivity contribution in [1.29, 1.82) is 0 Å². The molecule has 1 fully saturated rings. The van der Waals surface area contributed by atoms with Crippen LogP contribution in [-0.2, 0) is 20.8 Å². The van der Waals surface area contributed by atoms with Gasteiger partial charge in [-0.2, -0.15) is 0 Å². The number of carbonyl (C=O) groups excluding carboxylic acids is 1. The van der Waals surface area contributed by atoms with Crippen molar-refractivity contribution in [3.8, 4) is 0 Å². The van der Waals surface area contributed by atoms with Crippen molar-refractivity contribution in [2.75, 3.05) is 19.5 Å². The highest BCUT2D eigenvalue weighted by Gasteiger charge is 2.20. The Morgan fingerprint density at radius 3 is 3.08 bits per heavy atom. The highest BCUT2D eigenvalue weighted by atomic mass is 35.5. The molecule has 0 unspecified atom stereocenters. The van der Waals surface area contributed by atoms with Gasteiger partial charge in [0.25, 0.3) is 5.56 Å². The molecule has 3 rings (SSSR count). The number of rotatable bonds is 5. The first-order valence-corrected chi connectivity index (χ1v) is 8.96. The van der Waals surface area contributed by atoms with Crippen LogP contribution in [0.5, 0.6) is 0 Å². The fraction of sp³-hybridized carbons (Fsp3) is 0.438. The Morgan fingerprint density at radius 1 is 1.54 bits per heavy atom. The van der Waals surface area contributed by atoms with Crippen LogP contribution in [-0.4, -0.2) is 41.1 Å². The van der Waals surface area contributed by atoms with Gasteiger partial charge < -0.3 is 9.47 Å². The number of nitrogens with zero attached hydrogens (tertiary/aromatic N) is 2. The summed E-state index contributed by atoms with van der Waals surface area (Å²) in [6.07, 6.45) is 1.89. The van der Waals surface area contributed by atoms with Crippen LogP contribution in [0.3, 0.4) is 0 Å². The quantitative estimate of drug-likeness (QED) is 0.459. The van der Waals surface area contributed by atoms with Crippen molar-refractivity contribution < 1.29 is 14.3 Å². The maximum atomic E-state index is 12.9. The maximum Gasteiger partial charge on any atom is 0.316 e. The van der Waals surface area contributed by atoms with Crippen molar-refractivity contribution in [1.82, 2.24) is 9.55 Å². The summed E-state index contributed by atoms with van der Waals surface area (Å²) in [5, 5.41) is 1.48. The molecule has 1 aliphatic heterocycles. The molecule has 2 aromatic rings. The van der Waals surface area contributed by atoms with Gasteiger partial charge in [-0.1, -0.05) is 23.4 Å². The third-order valence-electron chi connectivity index (χ3n) is 3.84. The van der Waals surface area contributed by atoms with E-state index in [0.29, 0.717) is 34.2 Å². The molecule has 0 bridgehead atoms. The lowest BCUT2D eigenvalue weighted by molar-refractivity contribution is -0.137. The van der Waals surface area contributed by atoms with E-state index in [0.717, 1.165) is 12.8 Å². The Balaban J connectivity index is 2.02. The zero-order chi connectivity index (χ0) is 17.1. The number of fused-ring (bicyclic) bond motifs is 1. The number of thioether (sulfide) groups is 1. The zero-order valence-corrected chi connectivity index (χ0v) is 14.7. The lowest BCUT2D eigenvalue weighted by atomic mass is 10.2. The van der Waals surface area contributed by atoms with Gasteiger partial charge in [0.15, 0.2) is 5.16 Å². The van der Waals surface area contributed by atoms with Gasteiger partial charge in [-0.25, -0.2) is 4.98 Å². The summed E-state index contributed by atoms with van der Waals surface area (Å²) < 4.78 is 11.9. The molecule has 0 N–H and O–H groups in total. The number of carbonyl (C=O) groups is 1. The Bertz CT molecular complexity index is 818. The van der Waals surface area contributed by atoms with E-state index in [1.165, 1.54) is 18.9 Å². The molecule has 1 saturated heterocycles. The van der Waals surface area contributed by atoms with Crippen LogP contribution < -0.4 is 5.56 Å². The summed E-state index contributed by atoms with van der Waals surface area (Å²) in [6.45, 7) is 1.13. The molecular weight excluding hydrogens is 352 g/mol. The molecule has 1 aliphatic rings. The van der Waals surface area contributed by atoms with E-state index in [1.54, 1.807) is 22.8 Å². The predicted molar refractivity (Wildman–Crippen MR) is 92.7 cm³/mol. The summed E-state index contributed by atoms with van der Waals surface area (Å²) in [5.74, 6) is -0.287. The fourth-order valence-corrected chi connectivity index (χ4v) is 3.63. The second kappa shape index (κ2) is 7.55. The second-order valence-corrected chi connectivity index (χ2v) is 6.85. The van der Waals surface area contributed by atoms with Crippen LogP contribution in [0, 0.1) is 0 Å². The van der Waals surface area contributed by atoms with Crippen molar-refractivity contribution in [2.24, 2.45) is 0 Å². The number of hydrogen-bond acceptors (Lipinski definition) is 6. The largest absolute Gasteiger partial charge is 0.468 e. The maximum absolute atomic E-state index is 12.9. The Morgan fingerprint density at radius 2 is 2.38 bits per heavy atom. The molecule has 24 heavy (non-hydrogen) atoms. The first-order valence-electron chi connectivity index (χ1n) is 7.60. The van der Waals surface area contributed by atoms with E-state index in [4.69, 9.17) is 16.3 Å². The number of esters is 1. The van der Waals surface area contributed by atoms with E-state index in [2.05, 4.69) is 9.72 Å². The fourth-order valence-electron chi connectivity index (χ4n) is 2.62. The smallest absolute Gasteiger partial charge is 0.316 e. The zero-order valence-electron chi connectivity index (χ0n) is 13.2. The first-order chi connectivity index (χ1) is 11.6. The van der Waals surface area contributed by atoms with E-state index in [-0.39, 0.29) is 23.4 Å². The van der Waals surface area contributed by atoms with Crippen LogP contribution in [0.1, 0.15) is 12.8 Å². The lowest BCUT2D eigenvalue weighted by Crippen LogP contribution is -2.29. The highest BCUT2D eigenvalue weighted by Crippen LogP contribution is 2.22. The molecule has 8 heteroatoms. The van der Waals surface area contributed by atoms with Gasteiger partial charge in [0, 0.05) is 11.6 Å². The third kappa shape index (κ3) is 3.74. The van der Waals surface area contributed by atoms with E-state index < -0.39 is 0 Å². The molecule has 0 spiro atoms. The average Bonchev–Trinajstić information content (AvgIpc) is 3.08. The number of halogens is 1. The van der Waals surface area contributed by atoms with Gasteiger partial charge in [-0.05, 0) is 31.0 Å². The first kappa shape index (κ1) is 17.3. The molecule has 1 aromatic carbocycles. The van der Waals surface area contributed by atoms with Crippen LogP contribution in [0.15, 0.2) is 28.2 Å². The summed E-state index contributed by atoms with van der Waals surface area (Å²) in [6, 6.07) is 5.00. The van der Waals surface area contributed by atoms with Crippen molar-refractivity contribution in [3.63, 3.8) is 0 Å². The number of benzene rings is 1. The lowest BCUT2D eigenvalue weighted by Gasteiger charge is -2.16. The molecule has 2 heterocycles. The van der Waals surface area contributed by atoms with Crippen molar-refractivity contribution in [3.05, 3.63) is 33.6 Å². The normalized spacial score (nSPS) is 17.3. The molecular formula is C16H17ClN2O4S. The Kier molecular flexibility index (Phi) is 5.43. The minimum Gasteiger partial charge on any atom is -0.468 e. The number of ether oxygens (including phenoxy) is 2. The Hall–Kier alpha value is -1.57. The molecule has 0 aliphatic carbocycles. The van der Waals surface area contributed by atoms with E-state index in [1.807, 2.05) is 0 Å². The molecule has 6 nitrogen and oxygen atoms in total. The van der Waals surface area contributed by atoms with Gasteiger partial charge >= 0.3 is 5.97 Å². The molecule has 0 amide bonds. The van der Waals surface area contributed by atoms with Gasteiger partial charge in [-0.3, -0.25) is 14.2 Å². The Labute approximate surface area is 148 Å². The average molecular weight is 369 g/mol. The summed E-state index contributed by atoms with van der Waals surface area (Å²) in [7, 11) is 1.33. The number of hydrogen-bond donors (Lipinski definition) is 0. The third-order valence-corrected chi connectivity index (χ3v) is 5.02. The van der Waals surface area contributed by atoms with Crippen molar-refractivity contribution >= 4 is 40.2 Å². The monoisotopic (exact) mass is 368 g/mol. The summed E-state index contributed by atoms with van der Waals surface area (Å²) >= 11 is 7.18. The highest BCUT2D eigenvalue weighted by molar-refractivity contribution is 7.99. The summed E-state index contributed by atoms with van der Waals surface area (Å²) in [5.41, 5.74) is 0.364. The minimum absolute atomic E-state index is 0.00766. The number of aromatic nitrogens is 2. The molecule has 0 saturated carbocycles. The van der Waals surface area contributed by atoms with Gasteiger partial charge in [-0.15, -0.1) is 0 Å². The topological polar surface area (TPSA) is 70.4 Å². The predicted octanol–water partition coefficient (Wildman–Crippen LogP) is 2.49. The van der Waals surface area contributed by atoms with Crippen molar-refractivity contribution in [2.45, 2.75) is 30.6 Å². The standard InChI is InChI=1S/C16H17ClN2O4S/c1-22-14(20)9-24-16-18-13-7-10(17)4-5-12(13)15(21)19(16)8-11-3-2-6-23-11/h4-5,7,11H,2-3,6,8-9H2,1H3/t11-/m0/s1. The van der Waals surface area contributed by atoms with Gasteiger partial charge in [0.05, 0.1) is 36.4 Å². The molecule has 1 atom stereocenters. The van der Waals surface area contributed by atoms with Gasteiger partial charge in [0.1, 0.15) is 0 Å². The van der Waals surface area contributed by atoms with Crippen LogP contribution in [0.2, 0.25) is 5.02 Å². The van der Waals surface area contributed by atoms with Crippen LogP contribution in [0.4, 0.5) is 0 Å². The molecule has 128 valence electrons. The minimum atomic E-state index is -0.371. The molecule has 0 radical (unpaired) electrons. The SMILES string of the molecule is COC(=O)CSc1nc2cc(Cl)ccc2c(=O)n1C[C@@H]1CCCO1. The summed E-state index contributed by atoms with van der Waals surface area (Å²) in [4.78, 5) is 28.8. The van der Waals surface area contributed by atoms with Crippen LogP contribution >= 0.6 is 23.4 Å². The second-order valence-electron chi connectivity index (χ2n) is 5.47. The van der Waals surface area contributed by atoms with E-state index in [9.17, 15) is 9.59 Å². The number of methoxy groups -OCH3 is 1. The van der Waals surface area contributed by atoms with E-state index >= 15 is 0 Å². The molecule has 1 aromatic heterocycles.